The molecule has 1 saturated heterocycles. The average molecular weight is 571 g/mol. The van der Waals surface area contributed by atoms with Crippen molar-refractivity contribution in [1.82, 2.24) is 4.98 Å². The van der Waals surface area contributed by atoms with Crippen LogP contribution in [-0.2, 0) is 16.2 Å². The second-order valence-electron chi connectivity index (χ2n) is 9.13. The lowest BCUT2D eigenvalue weighted by Gasteiger charge is -2.23. The number of thiazole rings is 1. The van der Waals surface area contributed by atoms with Gasteiger partial charge in [0.25, 0.3) is 5.78 Å². The molecule has 1 N–H and O–H groups in total. The number of amides is 1. The summed E-state index contributed by atoms with van der Waals surface area (Å²) in [6, 6.07) is 26.1. The minimum Gasteiger partial charge on any atom is -0.507 e. The van der Waals surface area contributed by atoms with Crippen molar-refractivity contribution in [1.29, 1.82) is 0 Å². The molecule has 0 saturated carbocycles. The maximum Gasteiger partial charge on any atom is 0.301 e. The number of hydrogen-bond donors (Lipinski definition) is 1. The van der Waals surface area contributed by atoms with Gasteiger partial charge in [-0.1, -0.05) is 65.4 Å². The standard InChI is InChI=1S/C31H20ClFN2O4S/c32-21-11-9-19(10-12-21)28(36)26-27(20-7-4-8-23(15-20)39-17-18-5-2-1-3-6-18)35(30(38)29(26)37)31-34-24-14-13-22(33)16-25(24)40-31/h1-16,27,36H,17H2/b28-26+. The number of anilines is 1. The fourth-order valence-electron chi connectivity index (χ4n) is 4.61. The number of Topliss-reactive ketones (excluding diaryl/α,β-unsaturated/α-hetero) is 1. The maximum atomic E-state index is 13.9. The molecule has 4 aromatic carbocycles. The second kappa shape index (κ2) is 10.6. The third kappa shape index (κ3) is 4.83. The van der Waals surface area contributed by atoms with Crippen LogP contribution in [0.2, 0.25) is 5.02 Å². The largest absolute Gasteiger partial charge is 0.507 e. The number of carbonyl (C=O) groups is 2. The second-order valence-corrected chi connectivity index (χ2v) is 10.6. The highest BCUT2D eigenvalue weighted by Gasteiger charge is 2.48. The van der Waals surface area contributed by atoms with Crippen molar-refractivity contribution < 1.29 is 23.8 Å². The Labute approximate surface area is 237 Å². The third-order valence-electron chi connectivity index (χ3n) is 6.53. The van der Waals surface area contributed by atoms with E-state index in [0.29, 0.717) is 38.7 Å². The molecular formula is C31H20ClFN2O4S. The van der Waals surface area contributed by atoms with E-state index in [2.05, 4.69) is 4.98 Å². The molecule has 198 valence electrons. The number of ketones is 1. The van der Waals surface area contributed by atoms with E-state index >= 15 is 0 Å². The van der Waals surface area contributed by atoms with Gasteiger partial charge in [-0.25, -0.2) is 9.37 Å². The number of ether oxygens (including phenoxy) is 1. The van der Waals surface area contributed by atoms with Crippen molar-refractivity contribution in [3.05, 3.63) is 130 Å². The Bertz CT molecular complexity index is 1790. The van der Waals surface area contributed by atoms with E-state index in [1.807, 2.05) is 30.3 Å². The first-order valence-corrected chi connectivity index (χ1v) is 13.5. The van der Waals surface area contributed by atoms with E-state index in [0.717, 1.165) is 16.9 Å². The lowest BCUT2D eigenvalue weighted by molar-refractivity contribution is -0.132. The van der Waals surface area contributed by atoms with Crippen LogP contribution in [0.5, 0.6) is 5.75 Å². The van der Waals surface area contributed by atoms with E-state index in [-0.39, 0.29) is 16.5 Å². The average Bonchev–Trinajstić information content (AvgIpc) is 3.50. The summed E-state index contributed by atoms with van der Waals surface area (Å²) in [4.78, 5) is 32.7. The summed E-state index contributed by atoms with van der Waals surface area (Å²) in [6.45, 7) is 0.318. The van der Waals surface area contributed by atoms with Crippen LogP contribution in [0.15, 0.2) is 103 Å². The van der Waals surface area contributed by atoms with Crippen LogP contribution in [0.1, 0.15) is 22.7 Å². The molecule has 9 heteroatoms. The molecule has 1 atom stereocenters. The molecule has 0 aliphatic carbocycles. The molecule has 5 aromatic rings. The topological polar surface area (TPSA) is 79.7 Å². The molecule has 0 radical (unpaired) electrons. The normalized spacial score (nSPS) is 16.6. The van der Waals surface area contributed by atoms with Gasteiger partial charge in [0, 0.05) is 10.6 Å². The van der Waals surface area contributed by atoms with Crippen molar-refractivity contribution in [2.75, 3.05) is 4.90 Å². The molecule has 0 bridgehead atoms. The molecule has 6 rings (SSSR count). The van der Waals surface area contributed by atoms with Crippen LogP contribution in [0.25, 0.3) is 16.0 Å². The van der Waals surface area contributed by atoms with Gasteiger partial charge in [0.2, 0.25) is 0 Å². The number of aliphatic hydroxyl groups is 1. The van der Waals surface area contributed by atoms with E-state index in [4.69, 9.17) is 16.3 Å². The summed E-state index contributed by atoms with van der Waals surface area (Å²) in [5, 5.41) is 12.0. The van der Waals surface area contributed by atoms with Gasteiger partial charge in [0.05, 0.1) is 21.8 Å². The van der Waals surface area contributed by atoms with Gasteiger partial charge in [-0.15, -0.1) is 0 Å². The number of aromatic nitrogens is 1. The van der Waals surface area contributed by atoms with Gasteiger partial charge in [-0.05, 0) is 65.7 Å². The Hall–Kier alpha value is -4.53. The van der Waals surface area contributed by atoms with Crippen molar-refractivity contribution in [3.8, 4) is 5.75 Å². The first-order valence-electron chi connectivity index (χ1n) is 12.3. The van der Waals surface area contributed by atoms with Gasteiger partial charge < -0.3 is 9.84 Å². The quantitative estimate of drug-likeness (QED) is 0.132. The summed E-state index contributed by atoms with van der Waals surface area (Å²) >= 11 is 7.11. The number of hydrogen-bond acceptors (Lipinski definition) is 6. The monoisotopic (exact) mass is 570 g/mol. The zero-order valence-electron chi connectivity index (χ0n) is 20.8. The molecule has 1 amide bonds. The molecule has 40 heavy (non-hydrogen) atoms. The first-order chi connectivity index (χ1) is 19.4. The molecule has 1 aliphatic rings. The zero-order valence-corrected chi connectivity index (χ0v) is 22.3. The number of aliphatic hydroxyl groups excluding tert-OH is 1. The van der Waals surface area contributed by atoms with Gasteiger partial charge in [0.15, 0.2) is 5.13 Å². The fourth-order valence-corrected chi connectivity index (χ4v) is 5.76. The molecule has 0 spiro atoms. The minimum absolute atomic E-state index is 0.0991. The van der Waals surface area contributed by atoms with Crippen LogP contribution >= 0.6 is 22.9 Å². The maximum absolute atomic E-state index is 13.9. The fraction of sp³-hybridized carbons (Fsp3) is 0.0645. The molecular weight excluding hydrogens is 551 g/mol. The number of rotatable bonds is 6. The van der Waals surface area contributed by atoms with Gasteiger partial charge >= 0.3 is 5.91 Å². The highest BCUT2D eigenvalue weighted by atomic mass is 35.5. The van der Waals surface area contributed by atoms with Crippen LogP contribution in [0.4, 0.5) is 9.52 Å². The molecule has 1 fully saturated rings. The molecule has 2 heterocycles. The highest BCUT2D eigenvalue weighted by molar-refractivity contribution is 7.22. The van der Waals surface area contributed by atoms with Crippen LogP contribution in [-0.4, -0.2) is 21.8 Å². The van der Waals surface area contributed by atoms with Crippen molar-refractivity contribution in [2.45, 2.75) is 12.6 Å². The summed E-state index contributed by atoms with van der Waals surface area (Å²) in [6.07, 6.45) is 0. The lowest BCUT2D eigenvalue weighted by Crippen LogP contribution is -2.29. The molecule has 1 unspecified atom stereocenters. The molecule has 1 aliphatic heterocycles. The van der Waals surface area contributed by atoms with E-state index in [1.54, 1.807) is 48.5 Å². The first kappa shape index (κ1) is 25.7. The number of halogens is 2. The van der Waals surface area contributed by atoms with E-state index < -0.39 is 23.5 Å². The number of fused-ring (bicyclic) bond motifs is 1. The summed E-state index contributed by atoms with van der Waals surface area (Å²) in [5.74, 6) is -1.98. The van der Waals surface area contributed by atoms with Crippen molar-refractivity contribution in [2.24, 2.45) is 0 Å². The Morgan fingerprint density at radius 2 is 1.75 bits per heavy atom. The smallest absolute Gasteiger partial charge is 0.301 e. The van der Waals surface area contributed by atoms with Crippen LogP contribution in [0.3, 0.4) is 0 Å². The predicted molar refractivity (Wildman–Crippen MR) is 153 cm³/mol. The molecule has 1 aromatic heterocycles. The summed E-state index contributed by atoms with van der Waals surface area (Å²) in [5.41, 5.74) is 2.22. The Morgan fingerprint density at radius 1 is 0.975 bits per heavy atom. The van der Waals surface area contributed by atoms with E-state index in [9.17, 15) is 19.1 Å². The Kier molecular flexibility index (Phi) is 6.79. The number of benzene rings is 4. The van der Waals surface area contributed by atoms with Gasteiger partial charge in [-0.3, -0.25) is 14.5 Å². The highest BCUT2D eigenvalue weighted by Crippen LogP contribution is 2.45. The summed E-state index contributed by atoms with van der Waals surface area (Å²) < 4.78 is 20.4. The van der Waals surface area contributed by atoms with Crippen molar-refractivity contribution in [3.63, 3.8) is 0 Å². The zero-order chi connectivity index (χ0) is 27.8. The van der Waals surface area contributed by atoms with Gasteiger partial charge in [0.1, 0.15) is 23.9 Å². The number of nitrogens with zero attached hydrogens (tertiary/aromatic N) is 2. The lowest BCUT2D eigenvalue weighted by atomic mass is 9.95. The SMILES string of the molecule is O=C1C(=O)N(c2nc3ccc(F)cc3s2)C(c2cccc(OCc3ccccc3)c2)/C1=C(\O)c1ccc(Cl)cc1. The molecule has 6 nitrogen and oxygen atoms in total. The van der Waals surface area contributed by atoms with Crippen LogP contribution < -0.4 is 9.64 Å². The van der Waals surface area contributed by atoms with Gasteiger partial charge in [-0.2, -0.15) is 0 Å². The minimum atomic E-state index is -1.01. The Balaban J connectivity index is 1.47. The van der Waals surface area contributed by atoms with Crippen LogP contribution in [0, 0.1) is 5.82 Å². The van der Waals surface area contributed by atoms with Crippen molar-refractivity contribution >= 4 is 55.7 Å². The third-order valence-corrected chi connectivity index (χ3v) is 7.80. The Morgan fingerprint density at radius 3 is 2.52 bits per heavy atom. The van der Waals surface area contributed by atoms with E-state index in [1.165, 1.54) is 23.1 Å². The predicted octanol–water partition coefficient (Wildman–Crippen LogP) is 7.29. The summed E-state index contributed by atoms with van der Waals surface area (Å²) in [7, 11) is 0. The number of carbonyl (C=O) groups excluding carboxylic acids is 2.